The summed E-state index contributed by atoms with van der Waals surface area (Å²) in [5, 5.41) is 5.44. The molecule has 8 heteroatoms. The smallest absolute Gasteiger partial charge is 0.315 e. The van der Waals surface area contributed by atoms with Crippen LogP contribution in [0.5, 0.6) is 5.75 Å². The van der Waals surface area contributed by atoms with Crippen LogP contribution in [0.15, 0.2) is 24.3 Å². The van der Waals surface area contributed by atoms with E-state index < -0.39 is 6.29 Å². The molecule has 1 aromatic carbocycles. The first-order valence-corrected chi connectivity index (χ1v) is 7.61. The molecule has 132 valence electrons. The summed E-state index contributed by atoms with van der Waals surface area (Å²) in [6.07, 6.45) is -0.242. The molecule has 0 bridgehead atoms. The molecule has 3 amide bonds. The number of nitrogens with one attached hydrogen (secondary N) is 2. The Labute approximate surface area is 141 Å². The lowest BCUT2D eigenvalue weighted by molar-refractivity contribution is -0.117. The van der Waals surface area contributed by atoms with Crippen molar-refractivity contribution in [1.29, 1.82) is 0 Å². The first-order valence-electron chi connectivity index (χ1n) is 7.61. The summed E-state index contributed by atoms with van der Waals surface area (Å²) in [6, 6.07) is 6.63. The maximum atomic E-state index is 12.2. The molecule has 24 heavy (non-hydrogen) atoms. The number of nitrogens with zero attached hydrogens (tertiary/aromatic N) is 1. The number of amides is 3. The summed E-state index contributed by atoms with van der Waals surface area (Å²) in [5.74, 6) is 0.697. The Balaban J connectivity index is 1.86. The van der Waals surface area contributed by atoms with Gasteiger partial charge >= 0.3 is 6.03 Å². The van der Waals surface area contributed by atoms with Gasteiger partial charge in [0.05, 0.1) is 19.7 Å². The number of urea groups is 1. The highest BCUT2D eigenvalue weighted by Crippen LogP contribution is 2.24. The van der Waals surface area contributed by atoms with Crippen LogP contribution in [0, 0.1) is 0 Å². The van der Waals surface area contributed by atoms with E-state index in [1.54, 1.807) is 24.1 Å². The molecule has 0 saturated carbocycles. The monoisotopic (exact) mass is 337 g/mol. The van der Waals surface area contributed by atoms with Gasteiger partial charge in [0.25, 0.3) is 0 Å². The van der Waals surface area contributed by atoms with E-state index in [1.165, 1.54) is 14.2 Å². The number of hydrogen-bond donors (Lipinski definition) is 2. The van der Waals surface area contributed by atoms with Crippen molar-refractivity contribution in [3.8, 4) is 5.75 Å². The molecule has 1 aliphatic rings. The minimum atomic E-state index is -0.503. The van der Waals surface area contributed by atoms with E-state index in [0.717, 1.165) is 11.4 Å². The Morgan fingerprint density at radius 2 is 1.92 bits per heavy atom. The van der Waals surface area contributed by atoms with E-state index in [4.69, 9.17) is 14.2 Å². The molecular formula is C16H23N3O5. The molecule has 1 aliphatic heterocycles. The van der Waals surface area contributed by atoms with E-state index in [2.05, 4.69) is 10.6 Å². The average molecular weight is 337 g/mol. The minimum absolute atomic E-state index is 0.0304. The first-order chi connectivity index (χ1) is 11.6. The van der Waals surface area contributed by atoms with Crippen molar-refractivity contribution >= 4 is 17.6 Å². The fourth-order valence-corrected chi connectivity index (χ4v) is 2.49. The molecule has 1 fully saturated rings. The summed E-state index contributed by atoms with van der Waals surface area (Å²) in [6.45, 7) is 0.651. The average Bonchev–Trinajstić information content (AvgIpc) is 2.96. The van der Waals surface area contributed by atoms with Gasteiger partial charge in [0, 0.05) is 32.9 Å². The van der Waals surface area contributed by atoms with Crippen molar-refractivity contribution in [3.63, 3.8) is 0 Å². The molecule has 0 radical (unpaired) electrons. The Morgan fingerprint density at radius 1 is 1.25 bits per heavy atom. The summed E-state index contributed by atoms with van der Waals surface area (Å²) in [7, 11) is 4.58. The maximum Gasteiger partial charge on any atom is 0.315 e. The van der Waals surface area contributed by atoms with Crippen LogP contribution in [-0.2, 0) is 14.3 Å². The lowest BCUT2D eigenvalue weighted by atomic mass is 10.2. The number of methoxy groups -OCH3 is 3. The zero-order valence-electron chi connectivity index (χ0n) is 14.1. The van der Waals surface area contributed by atoms with Crippen LogP contribution in [0.25, 0.3) is 0 Å². The molecular weight excluding hydrogens is 314 g/mol. The molecule has 1 atom stereocenters. The van der Waals surface area contributed by atoms with Gasteiger partial charge in [-0.3, -0.25) is 4.79 Å². The van der Waals surface area contributed by atoms with Crippen molar-refractivity contribution in [1.82, 2.24) is 10.6 Å². The molecule has 8 nitrogen and oxygen atoms in total. The fraction of sp³-hybridized carbons (Fsp3) is 0.500. The van der Waals surface area contributed by atoms with Crippen molar-refractivity contribution in [3.05, 3.63) is 24.3 Å². The van der Waals surface area contributed by atoms with E-state index in [-0.39, 0.29) is 30.9 Å². The summed E-state index contributed by atoms with van der Waals surface area (Å²) in [4.78, 5) is 25.7. The predicted octanol–water partition coefficient (Wildman–Crippen LogP) is 0.719. The number of rotatable bonds is 7. The van der Waals surface area contributed by atoms with Gasteiger partial charge in [-0.15, -0.1) is 0 Å². The summed E-state index contributed by atoms with van der Waals surface area (Å²) < 4.78 is 15.1. The second-order valence-electron chi connectivity index (χ2n) is 5.36. The molecule has 1 heterocycles. The second-order valence-corrected chi connectivity index (χ2v) is 5.36. The first kappa shape index (κ1) is 18.0. The topological polar surface area (TPSA) is 89.1 Å². The van der Waals surface area contributed by atoms with Crippen molar-refractivity contribution in [2.45, 2.75) is 18.8 Å². The van der Waals surface area contributed by atoms with Gasteiger partial charge in [0.15, 0.2) is 6.29 Å². The maximum absolute atomic E-state index is 12.2. The van der Waals surface area contributed by atoms with Gasteiger partial charge in [0.2, 0.25) is 5.91 Å². The third-order valence-electron chi connectivity index (χ3n) is 3.80. The highest BCUT2D eigenvalue weighted by atomic mass is 16.7. The Kier molecular flexibility index (Phi) is 6.39. The number of carbonyl (C=O) groups is 2. The highest BCUT2D eigenvalue weighted by Gasteiger charge is 2.31. The molecule has 2 N–H and O–H groups in total. The van der Waals surface area contributed by atoms with Crippen LogP contribution in [0.3, 0.4) is 0 Å². The molecule has 0 aromatic heterocycles. The van der Waals surface area contributed by atoms with Crippen molar-refractivity contribution in [2.24, 2.45) is 0 Å². The van der Waals surface area contributed by atoms with E-state index in [9.17, 15) is 9.59 Å². The van der Waals surface area contributed by atoms with E-state index in [0.29, 0.717) is 6.54 Å². The zero-order chi connectivity index (χ0) is 17.5. The summed E-state index contributed by atoms with van der Waals surface area (Å²) >= 11 is 0. The van der Waals surface area contributed by atoms with Crippen LogP contribution in [0.4, 0.5) is 10.5 Å². The van der Waals surface area contributed by atoms with Crippen molar-refractivity contribution in [2.75, 3.05) is 39.3 Å². The molecule has 1 saturated heterocycles. The molecule has 2 rings (SSSR count). The summed E-state index contributed by atoms with van der Waals surface area (Å²) in [5.41, 5.74) is 0.782. The van der Waals surface area contributed by atoms with Crippen LogP contribution < -0.4 is 20.3 Å². The molecule has 0 aliphatic carbocycles. The quantitative estimate of drug-likeness (QED) is 0.716. The number of ether oxygens (including phenoxy) is 3. The van der Waals surface area contributed by atoms with Crippen LogP contribution in [0.1, 0.15) is 6.42 Å². The van der Waals surface area contributed by atoms with Gasteiger partial charge in [-0.05, 0) is 24.3 Å². The van der Waals surface area contributed by atoms with Crippen LogP contribution >= 0.6 is 0 Å². The predicted molar refractivity (Wildman–Crippen MR) is 88.1 cm³/mol. The molecule has 1 aromatic rings. The van der Waals surface area contributed by atoms with Gasteiger partial charge in [0.1, 0.15) is 5.75 Å². The Hall–Kier alpha value is -2.32. The fourth-order valence-electron chi connectivity index (χ4n) is 2.49. The van der Waals surface area contributed by atoms with Gasteiger partial charge in [-0.1, -0.05) is 0 Å². The van der Waals surface area contributed by atoms with Gasteiger partial charge in [-0.2, -0.15) is 0 Å². The van der Waals surface area contributed by atoms with E-state index >= 15 is 0 Å². The third kappa shape index (κ3) is 4.59. The molecule has 0 spiro atoms. The standard InChI is InChI=1S/C16H23N3O5/c1-22-13-6-4-12(5-7-13)19-10-11(8-14(19)20)18-16(21)17-9-15(23-2)24-3/h4-7,11,15H,8-10H2,1-3H3,(H2,17,18,21). The number of carbonyl (C=O) groups excluding carboxylic acids is 2. The minimum Gasteiger partial charge on any atom is -0.497 e. The highest BCUT2D eigenvalue weighted by molar-refractivity contribution is 5.96. The number of anilines is 1. The number of hydrogen-bond acceptors (Lipinski definition) is 5. The van der Waals surface area contributed by atoms with Gasteiger partial charge < -0.3 is 29.7 Å². The zero-order valence-corrected chi connectivity index (χ0v) is 14.1. The van der Waals surface area contributed by atoms with Gasteiger partial charge in [-0.25, -0.2) is 4.79 Å². The molecule has 1 unspecified atom stereocenters. The largest absolute Gasteiger partial charge is 0.497 e. The second kappa shape index (κ2) is 8.51. The lowest BCUT2D eigenvalue weighted by Gasteiger charge is -2.18. The Morgan fingerprint density at radius 3 is 2.50 bits per heavy atom. The van der Waals surface area contributed by atoms with Crippen molar-refractivity contribution < 1.29 is 23.8 Å². The SMILES string of the molecule is COc1ccc(N2CC(NC(=O)NCC(OC)OC)CC2=O)cc1. The Bertz CT molecular complexity index is 559. The van der Waals surface area contributed by atoms with E-state index in [1.807, 2.05) is 12.1 Å². The third-order valence-corrected chi connectivity index (χ3v) is 3.80. The normalized spacial score (nSPS) is 17.2. The lowest BCUT2D eigenvalue weighted by Crippen LogP contribution is -2.46. The van der Waals surface area contributed by atoms with Crippen LogP contribution in [-0.4, -0.2) is 58.7 Å². The number of benzene rings is 1. The van der Waals surface area contributed by atoms with Crippen LogP contribution in [0.2, 0.25) is 0 Å².